The first-order valence-electron chi connectivity index (χ1n) is 4.57. The van der Waals surface area contributed by atoms with Crippen molar-refractivity contribution in [1.29, 1.82) is 0 Å². The third-order valence-corrected chi connectivity index (χ3v) is 2.99. The highest BCUT2D eigenvalue weighted by Crippen LogP contribution is 2.30. The number of anilines is 1. The van der Waals surface area contributed by atoms with Gasteiger partial charge in [-0.25, -0.2) is 9.37 Å². The molecule has 0 spiro atoms. The maximum Gasteiger partial charge on any atom is 0.126 e. The number of nitrogens with two attached hydrogens (primary N) is 1. The van der Waals surface area contributed by atoms with Gasteiger partial charge in [0.25, 0.3) is 0 Å². The Hall–Kier alpha value is -1.42. The van der Waals surface area contributed by atoms with Crippen LogP contribution in [0.2, 0.25) is 0 Å². The second-order valence-electron chi connectivity index (χ2n) is 3.41. The van der Waals surface area contributed by atoms with Crippen molar-refractivity contribution in [3.8, 4) is 11.3 Å². The Kier molecular flexibility index (Phi) is 2.44. The summed E-state index contributed by atoms with van der Waals surface area (Å²) in [5, 5.41) is 1.60. The van der Waals surface area contributed by atoms with E-state index in [4.69, 9.17) is 5.73 Å². The van der Waals surface area contributed by atoms with Gasteiger partial charge < -0.3 is 5.73 Å². The Morgan fingerprint density at radius 3 is 2.60 bits per heavy atom. The van der Waals surface area contributed by atoms with E-state index in [-0.39, 0.29) is 5.82 Å². The second-order valence-corrected chi connectivity index (χ2v) is 4.64. The predicted octanol–water partition coefficient (Wildman–Crippen LogP) is 3.15. The molecule has 0 aliphatic rings. The molecule has 1 heterocycles. The van der Waals surface area contributed by atoms with Gasteiger partial charge in [-0.3, -0.25) is 0 Å². The van der Waals surface area contributed by atoms with Gasteiger partial charge in [-0.15, -0.1) is 11.3 Å². The predicted molar refractivity (Wildman–Crippen MR) is 61.4 cm³/mol. The lowest BCUT2D eigenvalue weighted by atomic mass is 10.1. The molecule has 0 bridgehead atoms. The molecular weight excluding hydrogens is 211 g/mol. The second kappa shape index (κ2) is 3.62. The van der Waals surface area contributed by atoms with Gasteiger partial charge in [0.2, 0.25) is 0 Å². The van der Waals surface area contributed by atoms with E-state index in [0.717, 1.165) is 16.3 Å². The number of benzene rings is 1. The first-order valence-corrected chi connectivity index (χ1v) is 5.39. The standard InChI is InChI=1S/C11H11FN2S/c1-6-5-8(3-4-9(6)12)10-11(13)15-7(2)14-10/h3-5H,13H2,1-2H3. The van der Waals surface area contributed by atoms with E-state index in [0.29, 0.717) is 10.6 Å². The van der Waals surface area contributed by atoms with E-state index in [1.54, 1.807) is 19.1 Å². The Labute approximate surface area is 91.6 Å². The Morgan fingerprint density at radius 1 is 1.33 bits per heavy atom. The number of hydrogen-bond acceptors (Lipinski definition) is 3. The highest BCUT2D eigenvalue weighted by molar-refractivity contribution is 7.16. The molecule has 2 rings (SSSR count). The normalized spacial score (nSPS) is 10.6. The first-order chi connectivity index (χ1) is 7.08. The Balaban J connectivity index is 2.54. The molecule has 1 aromatic carbocycles. The van der Waals surface area contributed by atoms with Crippen molar-refractivity contribution in [3.63, 3.8) is 0 Å². The summed E-state index contributed by atoms with van der Waals surface area (Å²) in [6.45, 7) is 3.63. The molecule has 0 saturated heterocycles. The monoisotopic (exact) mass is 222 g/mol. The van der Waals surface area contributed by atoms with Crippen LogP contribution in [0.15, 0.2) is 18.2 Å². The van der Waals surface area contributed by atoms with E-state index >= 15 is 0 Å². The first kappa shape index (κ1) is 10.1. The van der Waals surface area contributed by atoms with Crippen LogP contribution < -0.4 is 5.73 Å². The summed E-state index contributed by atoms with van der Waals surface area (Å²) >= 11 is 1.45. The molecule has 0 aliphatic carbocycles. The lowest BCUT2D eigenvalue weighted by Crippen LogP contribution is -1.88. The number of halogens is 1. The molecule has 0 unspecified atom stereocenters. The van der Waals surface area contributed by atoms with Crippen LogP contribution in [0.1, 0.15) is 10.6 Å². The van der Waals surface area contributed by atoms with E-state index < -0.39 is 0 Å². The summed E-state index contributed by atoms with van der Waals surface area (Å²) in [7, 11) is 0. The fourth-order valence-electron chi connectivity index (χ4n) is 1.44. The number of nitrogens with zero attached hydrogens (tertiary/aromatic N) is 1. The minimum Gasteiger partial charge on any atom is -0.389 e. The molecule has 4 heteroatoms. The summed E-state index contributed by atoms with van der Waals surface area (Å²) in [5.74, 6) is -0.204. The summed E-state index contributed by atoms with van der Waals surface area (Å²) < 4.78 is 13.1. The molecule has 78 valence electrons. The molecule has 0 radical (unpaired) electrons. The molecule has 15 heavy (non-hydrogen) atoms. The van der Waals surface area contributed by atoms with E-state index in [2.05, 4.69) is 4.98 Å². The Bertz CT molecular complexity index is 505. The Morgan fingerprint density at radius 2 is 2.07 bits per heavy atom. The van der Waals surface area contributed by atoms with Crippen molar-refractivity contribution in [3.05, 3.63) is 34.6 Å². The molecule has 0 saturated carbocycles. The summed E-state index contributed by atoms with van der Waals surface area (Å²) in [5.41, 5.74) is 8.05. The number of nitrogen functional groups attached to an aromatic ring is 1. The van der Waals surface area contributed by atoms with Gasteiger partial charge in [0.15, 0.2) is 0 Å². The molecule has 2 aromatic rings. The maximum absolute atomic E-state index is 13.1. The number of aromatic nitrogens is 1. The van der Waals surface area contributed by atoms with Gasteiger partial charge in [0, 0.05) is 5.56 Å². The third-order valence-electron chi connectivity index (χ3n) is 2.19. The quantitative estimate of drug-likeness (QED) is 0.805. The minimum absolute atomic E-state index is 0.204. The van der Waals surface area contributed by atoms with Crippen LogP contribution in [0.25, 0.3) is 11.3 Å². The number of aryl methyl sites for hydroxylation is 2. The van der Waals surface area contributed by atoms with Crippen molar-refractivity contribution in [2.45, 2.75) is 13.8 Å². The van der Waals surface area contributed by atoms with Crippen molar-refractivity contribution in [1.82, 2.24) is 4.98 Å². The van der Waals surface area contributed by atoms with Crippen LogP contribution >= 0.6 is 11.3 Å². The van der Waals surface area contributed by atoms with Gasteiger partial charge in [-0.2, -0.15) is 0 Å². The van der Waals surface area contributed by atoms with Crippen molar-refractivity contribution in [2.24, 2.45) is 0 Å². The van der Waals surface area contributed by atoms with Crippen LogP contribution in [0.5, 0.6) is 0 Å². The van der Waals surface area contributed by atoms with Gasteiger partial charge in [-0.1, -0.05) is 0 Å². The van der Waals surface area contributed by atoms with Crippen LogP contribution in [-0.4, -0.2) is 4.98 Å². The molecule has 2 nitrogen and oxygen atoms in total. The van der Waals surface area contributed by atoms with E-state index in [1.165, 1.54) is 17.4 Å². The fourth-order valence-corrected chi connectivity index (χ4v) is 2.16. The lowest BCUT2D eigenvalue weighted by Gasteiger charge is -2.01. The smallest absolute Gasteiger partial charge is 0.126 e. The molecule has 1 aromatic heterocycles. The van der Waals surface area contributed by atoms with Crippen molar-refractivity contribution in [2.75, 3.05) is 5.73 Å². The summed E-state index contributed by atoms with van der Waals surface area (Å²) in [4.78, 5) is 4.32. The van der Waals surface area contributed by atoms with E-state index in [1.807, 2.05) is 6.92 Å². The van der Waals surface area contributed by atoms with Crippen molar-refractivity contribution >= 4 is 16.3 Å². The van der Waals surface area contributed by atoms with Gasteiger partial charge in [0.05, 0.1) is 5.01 Å². The highest BCUT2D eigenvalue weighted by Gasteiger charge is 2.09. The molecule has 0 aliphatic heterocycles. The summed E-state index contributed by atoms with van der Waals surface area (Å²) in [6.07, 6.45) is 0. The molecule has 2 N–H and O–H groups in total. The van der Waals surface area contributed by atoms with Gasteiger partial charge >= 0.3 is 0 Å². The number of thiazole rings is 1. The highest BCUT2D eigenvalue weighted by atomic mass is 32.1. The number of rotatable bonds is 1. The molecule has 0 fully saturated rings. The fraction of sp³-hybridized carbons (Fsp3) is 0.182. The lowest BCUT2D eigenvalue weighted by molar-refractivity contribution is 0.619. The van der Waals surface area contributed by atoms with Crippen LogP contribution in [0.3, 0.4) is 0 Å². The zero-order chi connectivity index (χ0) is 11.0. The largest absolute Gasteiger partial charge is 0.389 e. The molecular formula is C11H11FN2S. The topological polar surface area (TPSA) is 38.9 Å². The van der Waals surface area contributed by atoms with Crippen LogP contribution in [0.4, 0.5) is 9.39 Å². The zero-order valence-corrected chi connectivity index (χ0v) is 9.36. The zero-order valence-electron chi connectivity index (χ0n) is 8.54. The summed E-state index contributed by atoms with van der Waals surface area (Å²) in [6, 6.07) is 4.91. The third kappa shape index (κ3) is 1.85. The average Bonchev–Trinajstić information content (AvgIpc) is 2.50. The van der Waals surface area contributed by atoms with Gasteiger partial charge in [0.1, 0.15) is 16.5 Å². The molecule has 0 amide bonds. The average molecular weight is 222 g/mol. The number of hydrogen-bond donors (Lipinski definition) is 1. The van der Waals surface area contributed by atoms with Crippen LogP contribution in [-0.2, 0) is 0 Å². The SMILES string of the molecule is Cc1nc(-c2ccc(F)c(C)c2)c(N)s1. The molecule has 0 atom stereocenters. The van der Waals surface area contributed by atoms with Gasteiger partial charge in [-0.05, 0) is 37.6 Å². The minimum atomic E-state index is -0.204. The van der Waals surface area contributed by atoms with Crippen LogP contribution in [0, 0.1) is 19.7 Å². The van der Waals surface area contributed by atoms with E-state index in [9.17, 15) is 4.39 Å². The van der Waals surface area contributed by atoms with Crippen molar-refractivity contribution < 1.29 is 4.39 Å². The maximum atomic E-state index is 13.1.